The Morgan fingerprint density at radius 3 is 2.62 bits per heavy atom. The van der Waals surface area contributed by atoms with Gasteiger partial charge in [0, 0.05) is 12.6 Å². The van der Waals surface area contributed by atoms with Crippen LogP contribution < -0.4 is 11.1 Å². The van der Waals surface area contributed by atoms with Gasteiger partial charge in [0.2, 0.25) is 0 Å². The van der Waals surface area contributed by atoms with E-state index in [1.165, 1.54) is 0 Å². The lowest BCUT2D eigenvalue weighted by molar-refractivity contribution is -0.130. The van der Waals surface area contributed by atoms with E-state index >= 15 is 0 Å². The van der Waals surface area contributed by atoms with Crippen LogP contribution >= 0.6 is 0 Å². The molecule has 16 heavy (non-hydrogen) atoms. The molecule has 88 valence electrons. The average Bonchev–Trinajstić information content (AvgIpc) is 2.35. The average molecular weight is 222 g/mol. The zero-order valence-electron chi connectivity index (χ0n) is 9.39. The molecule has 0 heterocycles. The van der Waals surface area contributed by atoms with Gasteiger partial charge in [-0.3, -0.25) is 4.79 Å². The van der Waals surface area contributed by atoms with Crippen LogP contribution in [0.5, 0.6) is 0 Å². The van der Waals surface area contributed by atoms with Gasteiger partial charge in [-0.15, -0.1) is 0 Å². The fraction of sp³-hybridized carbons (Fsp3) is 0.417. The molecule has 0 aliphatic heterocycles. The zero-order valence-corrected chi connectivity index (χ0v) is 9.39. The second-order valence-electron chi connectivity index (χ2n) is 3.72. The first-order chi connectivity index (χ1) is 7.65. The summed E-state index contributed by atoms with van der Waals surface area (Å²) in [6.07, 6.45) is -0.561. The molecule has 1 unspecified atom stereocenters. The third-order valence-corrected chi connectivity index (χ3v) is 2.46. The number of aliphatic hydroxyl groups excluding tert-OH is 1. The number of benzene rings is 1. The van der Waals surface area contributed by atoms with Gasteiger partial charge < -0.3 is 16.2 Å². The SMILES string of the molecule is CCC(N)[C@H](O)C(=O)NCc1ccccc1. The fourth-order valence-corrected chi connectivity index (χ4v) is 1.31. The lowest BCUT2D eigenvalue weighted by Crippen LogP contribution is -2.45. The number of hydrogen-bond donors (Lipinski definition) is 3. The topological polar surface area (TPSA) is 75.3 Å². The summed E-state index contributed by atoms with van der Waals surface area (Å²) in [6.45, 7) is 2.24. The smallest absolute Gasteiger partial charge is 0.250 e. The normalized spacial score (nSPS) is 14.2. The van der Waals surface area contributed by atoms with E-state index in [0.717, 1.165) is 5.56 Å². The monoisotopic (exact) mass is 222 g/mol. The number of carbonyl (C=O) groups is 1. The predicted molar refractivity (Wildman–Crippen MR) is 62.6 cm³/mol. The summed E-state index contributed by atoms with van der Waals surface area (Å²) in [5.74, 6) is -0.418. The molecule has 1 rings (SSSR count). The molecule has 0 aromatic heterocycles. The summed E-state index contributed by atoms with van der Waals surface area (Å²) in [4.78, 5) is 11.5. The Hall–Kier alpha value is -1.39. The van der Waals surface area contributed by atoms with Crippen LogP contribution in [0.15, 0.2) is 30.3 Å². The van der Waals surface area contributed by atoms with Gasteiger partial charge in [-0.25, -0.2) is 0 Å². The number of hydrogen-bond acceptors (Lipinski definition) is 3. The van der Waals surface area contributed by atoms with E-state index in [9.17, 15) is 9.90 Å². The lowest BCUT2D eigenvalue weighted by Gasteiger charge is -2.16. The molecule has 1 amide bonds. The van der Waals surface area contributed by atoms with E-state index in [1.807, 2.05) is 37.3 Å². The molecule has 0 bridgehead atoms. The number of nitrogens with two attached hydrogens (primary N) is 1. The number of carbonyl (C=O) groups excluding carboxylic acids is 1. The molecule has 0 radical (unpaired) electrons. The number of nitrogens with one attached hydrogen (secondary N) is 1. The molecule has 4 N–H and O–H groups in total. The first-order valence-electron chi connectivity index (χ1n) is 5.40. The summed E-state index contributed by atoms with van der Waals surface area (Å²) < 4.78 is 0. The van der Waals surface area contributed by atoms with Crippen LogP contribution in [0.4, 0.5) is 0 Å². The lowest BCUT2D eigenvalue weighted by atomic mass is 10.1. The number of rotatable bonds is 5. The van der Waals surface area contributed by atoms with Crippen LogP contribution in [0.25, 0.3) is 0 Å². The quantitative estimate of drug-likeness (QED) is 0.675. The van der Waals surface area contributed by atoms with E-state index in [2.05, 4.69) is 5.32 Å². The van der Waals surface area contributed by atoms with Crippen LogP contribution in [-0.2, 0) is 11.3 Å². The van der Waals surface area contributed by atoms with Gasteiger partial charge >= 0.3 is 0 Å². The summed E-state index contributed by atoms with van der Waals surface area (Å²) >= 11 is 0. The summed E-state index contributed by atoms with van der Waals surface area (Å²) in [6, 6.07) is 9.02. The van der Waals surface area contributed by atoms with Crippen LogP contribution in [0, 0.1) is 0 Å². The minimum absolute atomic E-state index is 0.410. The molecule has 4 nitrogen and oxygen atoms in total. The number of amides is 1. The first kappa shape index (κ1) is 12.7. The van der Waals surface area contributed by atoms with Crippen molar-refractivity contribution >= 4 is 5.91 Å². The highest BCUT2D eigenvalue weighted by molar-refractivity contribution is 5.81. The van der Waals surface area contributed by atoms with E-state index in [4.69, 9.17) is 5.73 Å². The van der Waals surface area contributed by atoms with Crippen molar-refractivity contribution in [2.45, 2.75) is 32.0 Å². The zero-order chi connectivity index (χ0) is 12.0. The molecule has 0 fully saturated rings. The van der Waals surface area contributed by atoms with E-state index in [1.54, 1.807) is 0 Å². The van der Waals surface area contributed by atoms with Crippen molar-refractivity contribution in [3.63, 3.8) is 0 Å². The molecule has 1 aromatic carbocycles. The van der Waals surface area contributed by atoms with Crippen LogP contribution in [0.3, 0.4) is 0 Å². The van der Waals surface area contributed by atoms with Crippen molar-refractivity contribution in [1.82, 2.24) is 5.32 Å². The molecule has 0 spiro atoms. The predicted octanol–water partition coefficient (Wildman–Crippen LogP) is 0.401. The minimum Gasteiger partial charge on any atom is -0.382 e. The Morgan fingerprint density at radius 1 is 1.44 bits per heavy atom. The fourth-order valence-electron chi connectivity index (χ4n) is 1.31. The van der Waals surface area contributed by atoms with Crippen LogP contribution in [0.2, 0.25) is 0 Å². The first-order valence-corrected chi connectivity index (χ1v) is 5.40. The largest absolute Gasteiger partial charge is 0.382 e. The van der Waals surface area contributed by atoms with Crippen molar-refractivity contribution in [1.29, 1.82) is 0 Å². The molecule has 0 aliphatic carbocycles. The van der Waals surface area contributed by atoms with Gasteiger partial charge in [-0.2, -0.15) is 0 Å². The highest BCUT2D eigenvalue weighted by atomic mass is 16.3. The molecule has 0 aliphatic rings. The standard InChI is InChI=1S/C12H18N2O2/c1-2-10(13)11(15)12(16)14-8-9-6-4-3-5-7-9/h3-7,10-11,15H,2,8,13H2,1H3,(H,14,16)/t10?,11-/m0/s1. The van der Waals surface area contributed by atoms with E-state index < -0.39 is 18.1 Å². The van der Waals surface area contributed by atoms with E-state index in [0.29, 0.717) is 13.0 Å². The van der Waals surface area contributed by atoms with Crippen molar-refractivity contribution < 1.29 is 9.90 Å². The second kappa shape index (κ2) is 6.25. The molecular weight excluding hydrogens is 204 g/mol. The summed E-state index contributed by atoms with van der Waals surface area (Å²) in [7, 11) is 0. The molecule has 4 heteroatoms. The van der Waals surface area contributed by atoms with Crippen molar-refractivity contribution in [2.75, 3.05) is 0 Å². The Morgan fingerprint density at radius 2 is 2.06 bits per heavy atom. The van der Waals surface area contributed by atoms with E-state index in [-0.39, 0.29) is 0 Å². The highest BCUT2D eigenvalue weighted by Crippen LogP contribution is 1.99. The van der Waals surface area contributed by atoms with Gasteiger partial charge in [-0.1, -0.05) is 37.3 Å². The summed E-state index contributed by atoms with van der Waals surface area (Å²) in [5.41, 5.74) is 6.57. The number of aliphatic hydroxyl groups is 1. The molecule has 0 saturated carbocycles. The van der Waals surface area contributed by atoms with Crippen molar-refractivity contribution in [3.05, 3.63) is 35.9 Å². The third-order valence-electron chi connectivity index (χ3n) is 2.46. The Labute approximate surface area is 95.5 Å². The van der Waals surface area contributed by atoms with Gasteiger partial charge in [0.25, 0.3) is 5.91 Å². The maximum Gasteiger partial charge on any atom is 0.250 e. The van der Waals surface area contributed by atoms with Gasteiger partial charge in [0.1, 0.15) is 6.10 Å². The Balaban J connectivity index is 2.41. The second-order valence-corrected chi connectivity index (χ2v) is 3.72. The van der Waals surface area contributed by atoms with Crippen LogP contribution in [-0.4, -0.2) is 23.2 Å². The molecule has 2 atom stereocenters. The van der Waals surface area contributed by atoms with Gasteiger partial charge in [-0.05, 0) is 12.0 Å². The molecular formula is C12H18N2O2. The Bertz CT molecular complexity index is 327. The third kappa shape index (κ3) is 3.64. The molecule has 1 aromatic rings. The summed E-state index contributed by atoms with van der Waals surface area (Å²) in [5, 5.41) is 12.2. The maximum atomic E-state index is 11.5. The minimum atomic E-state index is -1.13. The van der Waals surface area contributed by atoms with Gasteiger partial charge in [0.05, 0.1) is 0 Å². The van der Waals surface area contributed by atoms with Gasteiger partial charge in [0.15, 0.2) is 0 Å². The van der Waals surface area contributed by atoms with Crippen LogP contribution in [0.1, 0.15) is 18.9 Å². The molecule has 0 saturated heterocycles. The van der Waals surface area contributed by atoms with Crippen molar-refractivity contribution in [3.8, 4) is 0 Å². The highest BCUT2D eigenvalue weighted by Gasteiger charge is 2.20. The Kier molecular flexibility index (Phi) is 4.95. The maximum absolute atomic E-state index is 11.5. The van der Waals surface area contributed by atoms with Crippen molar-refractivity contribution in [2.24, 2.45) is 5.73 Å².